The molecule has 0 N–H and O–H groups in total. The average Bonchev–Trinajstić information content (AvgIpc) is 3.31. The van der Waals surface area contributed by atoms with E-state index in [1.165, 1.54) is 0 Å². The number of carbonyl (C=O) groups excluding carboxylic acids is 2. The monoisotopic (exact) mass is 432 g/mol. The predicted octanol–water partition coefficient (Wildman–Crippen LogP) is 5.23. The van der Waals surface area contributed by atoms with E-state index >= 15 is 0 Å². The van der Waals surface area contributed by atoms with Crippen LogP contribution in [0, 0.1) is 0 Å². The van der Waals surface area contributed by atoms with E-state index < -0.39 is 0 Å². The molecule has 0 aliphatic heterocycles. The normalized spacial score (nSPS) is 10.9. The van der Waals surface area contributed by atoms with Crippen LogP contribution in [0.2, 0.25) is 0 Å². The molecule has 2 aromatic carbocycles. The molecule has 0 fully saturated rings. The average molecular weight is 433 g/mol. The lowest BCUT2D eigenvalue weighted by atomic mass is 10.2. The van der Waals surface area contributed by atoms with E-state index in [2.05, 4.69) is 0 Å². The third-order valence-electron chi connectivity index (χ3n) is 4.85. The summed E-state index contributed by atoms with van der Waals surface area (Å²) in [5.41, 5.74) is 2.03. The lowest BCUT2D eigenvalue weighted by molar-refractivity contribution is -0.139. The molecule has 0 aliphatic carbocycles. The summed E-state index contributed by atoms with van der Waals surface area (Å²) in [5, 5.41) is 2.02. The van der Waals surface area contributed by atoms with Gasteiger partial charge >= 0.3 is 0 Å². The van der Waals surface area contributed by atoms with Gasteiger partial charge in [0.25, 0.3) is 0 Å². The maximum absolute atomic E-state index is 13.3. The zero-order chi connectivity index (χ0) is 21.9. The van der Waals surface area contributed by atoms with Gasteiger partial charge in [-0.25, -0.2) is 0 Å². The zero-order valence-electron chi connectivity index (χ0n) is 17.8. The highest BCUT2D eigenvalue weighted by Crippen LogP contribution is 2.15. The Labute approximate surface area is 188 Å². The molecular weight excluding hydrogens is 404 g/mol. The molecule has 1 heterocycles. The third kappa shape index (κ3) is 7.23. The van der Waals surface area contributed by atoms with Gasteiger partial charge in [0.15, 0.2) is 0 Å². The van der Waals surface area contributed by atoms with Crippen LogP contribution in [0.1, 0.15) is 29.3 Å². The van der Waals surface area contributed by atoms with Crippen molar-refractivity contribution in [3.8, 4) is 0 Å². The van der Waals surface area contributed by atoms with E-state index in [1.807, 2.05) is 90.0 Å². The molecule has 0 radical (unpaired) electrons. The number of hydrogen-bond acceptors (Lipinski definition) is 3. The molecule has 4 nitrogen and oxygen atoms in total. The Kier molecular flexibility index (Phi) is 8.61. The number of carbonyl (C=O) groups is 2. The van der Waals surface area contributed by atoms with Gasteiger partial charge in [0.05, 0.1) is 6.54 Å². The summed E-state index contributed by atoms with van der Waals surface area (Å²) < 4.78 is 0. The van der Waals surface area contributed by atoms with E-state index in [-0.39, 0.29) is 18.4 Å². The van der Waals surface area contributed by atoms with Gasteiger partial charge in [-0.3, -0.25) is 9.59 Å². The fourth-order valence-electron chi connectivity index (χ4n) is 3.26. The van der Waals surface area contributed by atoms with Crippen molar-refractivity contribution in [1.82, 2.24) is 9.80 Å². The van der Waals surface area contributed by atoms with Crippen LogP contribution < -0.4 is 0 Å². The Balaban J connectivity index is 1.71. The Morgan fingerprint density at radius 2 is 1.58 bits per heavy atom. The van der Waals surface area contributed by atoms with Crippen LogP contribution in [0.5, 0.6) is 0 Å². The lowest BCUT2D eigenvalue weighted by Crippen LogP contribution is -2.42. The summed E-state index contributed by atoms with van der Waals surface area (Å²) in [6.45, 7) is 3.69. The van der Waals surface area contributed by atoms with Crippen molar-refractivity contribution in [1.29, 1.82) is 0 Å². The highest BCUT2D eigenvalue weighted by atomic mass is 32.1. The first-order valence-corrected chi connectivity index (χ1v) is 11.4. The van der Waals surface area contributed by atoms with Gasteiger partial charge < -0.3 is 9.80 Å². The van der Waals surface area contributed by atoms with Gasteiger partial charge in [0.1, 0.15) is 6.54 Å². The first kappa shape index (κ1) is 22.5. The van der Waals surface area contributed by atoms with Gasteiger partial charge in [-0.05, 0) is 35.1 Å². The standard InChI is InChI=1S/C26H28N2O2S/c1-2-17-27(25(29)16-15-22-10-5-3-6-11-22)21-26(30)28(20-24-14-9-18-31-24)19-23-12-7-4-8-13-23/h3-16,18H,2,17,19-21H2,1H3. The lowest BCUT2D eigenvalue weighted by Gasteiger charge is -2.27. The first-order valence-electron chi connectivity index (χ1n) is 10.5. The van der Waals surface area contributed by atoms with Gasteiger partial charge in [-0.2, -0.15) is 0 Å². The van der Waals surface area contributed by atoms with Crippen LogP contribution in [0.15, 0.2) is 84.3 Å². The highest BCUT2D eigenvalue weighted by molar-refractivity contribution is 7.09. The van der Waals surface area contributed by atoms with Crippen molar-refractivity contribution in [2.24, 2.45) is 0 Å². The van der Waals surface area contributed by atoms with Crippen molar-refractivity contribution in [3.63, 3.8) is 0 Å². The first-order chi connectivity index (χ1) is 15.2. The van der Waals surface area contributed by atoms with E-state index in [9.17, 15) is 9.59 Å². The number of nitrogens with zero attached hydrogens (tertiary/aromatic N) is 2. The van der Waals surface area contributed by atoms with Crippen molar-refractivity contribution in [2.45, 2.75) is 26.4 Å². The van der Waals surface area contributed by atoms with Crippen LogP contribution in [0.4, 0.5) is 0 Å². The van der Waals surface area contributed by atoms with Gasteiger partial charge in [-0.1, -0.05) is 73.7 Å². The minimum Gasteiger partial charge on any atom is -0.332 e. The van der Waals surface area contributed by atoms with Crippen LogP contribution in [0.3, 0.4) is 0 Å². The Morgan fingerprint density at radius 1 is 0.871 bits per heavy atom. The second kappa shape index (κ2) is 11.9. The number of rotatable bonds is 10. The SMILES string of the molecule is CCCN(CC(=O)N(Cc1ccccc1)Cc1cccs1)C(=O)C=Cc1ccccc1. The minimum atomic E-state index is -0.144. The van der Waals surface area contributed by atoms with E-state index in [0.717, 1.165) is 22.4 Å². The summed E-state index contributed by atoms with van der Waals surface area (Å²) in [4.78, 5) is 30.7. The molecule has 31 heavy (non-hydrogen) atoms. The molecule has 3 rings (SSSR count). The van der Waals surface area contributed by atoms with Crippen LogP contribution in [0.25, 0.3) is 6.08 Å². The summed E-state index contributed by atoms with van der Waals surface area (Å²) in [6.07, 6.45) is 4.14. The minimum absolute atomic E-state index is 0.0489. The number of thiophene rings is 1. The van der Waals surface area contributed by atoms with Crippen molar-refractivity contribution in [3.05, 3.63) is 100 Å². The van der Waals surface area contributed by atoms with E-state index in [0.29, 0.717) is 19.6 Å². The van der Waals surface area contributed by atoms with Gasteiger partial charge in [0.2, 0.25) is 11.8 Å². The molecule has 3 aromatic rings. The zero-order valence-corrected chi connectivity index (χ0v) is 18.6. The second-order valence-electron chi connectivity index (χ2n) is 7.32. The Hall–Kier alpha value is -3.18. The molecule has 0 atom stereocenters. The third-order valence-corrected chi connectivity index (χ3v) is 5.71. The second-order valence-corrected chi connectivity index (χ2v) is 8.35. The molecule has 0 aliphatic rings. The van der Waals surface area contributed by atoms with E-state index in [1.54, 1.807) is 28.4 Å². The van der Waals surface area contributed by atoms with Crippen molar-refractivity contribution < 1.29 is 9.59 Å². The molecule has 5 heteroatoms. The van der Waals surface area contributed by atoms with Crippen LogP contribution >= 0.6 is 11.3 Å². The predicted molar refractivity (Wildman–Crippen MR) is 127 cm³/mol. The van der Waals surface area contributed by atoms with Gasteiger partial charge in [0, 0.05) is 24.0 Å². The summed E-state index contributed by atoms with van der Waals surface area (Å²) in [7, 11) is 0. The molecular formula is C26H28N2O2S. The smallest absolute Gasteiger partial charge is 0.247 e. The van der Waals surface area contributed by atoms with Crippen LogP contribution in [-0.2, 0) is 22.7 Å². The molecule has 0 saturated heterocycles. The number of hydrogen-bond donors (Lipinski definition) is 0. The maximum atomic E-state index is 13.3. The van der Waals surface area contributed by atoms with Gasteiger partial charge in [-0.15, -0.1) is 11.3 Å². The molecule has 1 aromatic heterocycles. The maximum Gasteiger partial charge on any atom is 0.247 e. The largest absolute Gasteiger partial charge is 0.332 e. The molecule has 0 spiro atoms. The topological polar surface area (TPSA) is 40.6 Å². The summed E-state index contributed by atoms with van der Waals surface area (Å²) >= 11 is 1.63. The highest BCUT2D eigenvalue weighted by Gasteiger charge is 2.20. The van der Waals surface area contributed by atoms with E-state index in [4.69, 9.17) is 0 Å². The molecule has 160 valence electrons. The summed E-state index contributed by atoms with van der Waals surface area (Å²) in [5.74, 6) is -0.193. The van der Waals surface area contributed by atoms with Crippen molar-refractivity contribution in [2.75, 3.05) is 13.1 Å². The number of amides is 2. The quantitative estimate of drug-likeness (QED) is 0.412. The molecule has 0 unspecified atom stereocenters. The fraction of sp³-hybridized carbons (Fsp3) is 0.231. The van der Waals surface area contributed by atoms with Crippen molar-refractivity contribution >= 4 is 29.2 Å². The molecule has 0 bridgehead atoms. The Bertz CT molecular complexity index is 969. The Morgan fingerprint density at radius 3 is 2.23 bits per heavy atom. The van der Waals surface area contributed by atoms with Crippen LogP contribution in [-0.4, -0.2) is 34.7 Å². The molecule has 0 saturated carbocycles. The number of benzene rings is 2. The summed E-state index contributed by atoms with van der Waals surface area (Å²) in [6, 6.07) is 23.7. The molecule has 2 amide bonds. The fourth-order valence-corrected chi connectivity index (χ4v) is 3.98.